The molecule has 148 valence electrons. The topological polar surface area (TPSA) is 131 Å². The van der Waals surface area contributed by atoms with E-state index in [0.717, 1.165) is 11.1 Å². The van der Waals surface area contributed by atoms with Gasteiger partial charge in [-0.1, -0.05) is 42.0 Å². The van der Waals surface area contributed by atoms with E-state index >= 15 is 0 Å². The third-order valence-electron chi connectivity index (χ3n) is 3.56. The molecule has 0 heterocycles. The van der Waals surface area contributed by atoms with Crippen molar-refractivity contribution in [2.45, 2.75) is 45.4 Å². The molecular weight excluding hydrogens is 350 g/mol. The maximum Gasteiger partial charge on any atom is 0.407 e. The number of hydrogen-bond acceptors (Lipinski definition) is 5. The lowest BCUT2D eigenvalue weighted by Crippen LogP contribution is -2.45. The predicted molar refractivity (Wildman–Crippen MR) is 100 cm³/mol. The molecule has 27 heavy (non-hydrogen) atoms. The quantitative estimate of drug-likeness (QED) is 0.452. The summed E-state index contributed by atoms with van der Waals surface area (Å²) in [6, 6.07) is 8.30. The molecule has 5 N–H and O–H groups in total. The van der Waals surface area contributed by atoms with E-state index in [1.165, 1.54) is 0 Å². The van der Waals surface area contributed by atoms with E-state index < -0.39 is 30.1 Å². The van der Waals surface area contributed by atoms with Crippen LogP contribution in [0.3, 0.4) is 0 Å². The molecular formula is C19H27N3O5. The molecule has 1 aromatic rings. The van der Waals surface area contributed by atoms with Gasteiger partial charge in [-0.2, -0.15) is 0 Å². The second-order valence-corrected chi connectivity index (χ2v) is 6.34. The maximum atomic E-state index is 11.9. The third kappa shape index (κ3) is 10.0. The SMILES string of the molecule is CC(C)=CC[C@H](NC(=O)C[C@@H](O)CNC(=O)OCc1ccccc1)C(N)=O. The van der Waals surface area contributed by atoms with Gasteiger partial charge in [0, 0.05) is 6.54 Å². The molecule has 0 aliphatic heterocycles. The van der Waals surface area contributed by atoms with Crippen LogP contribution in [-0.4, -0.2) is 41.7 Å². The van der Waals surface area contributed by atoms with Crippen LogP contribution in [0.2, 0.25) is 0 Å². The summed E-state index contributed by atoms with van der Waals surface area (Å²) in [7, 11) is 0. The first-order valence-electron chi connectivity index (χ1n) is 8.62. The number of alkyl carbamates (subject to hydrolysis) is 1. The van der Waals surface area contributed by atoms with Gasteiger partial charge in [0.2, 0.25) is 11.8 Å². The first kappa shape index (κ1) is 22.2. The number of nitrogens with one attached hydrogen (secondary N) is 2. The highest BCUT2D eigenvalue weighted by molar-refractivity contribution is 5.86. The smallest absolute Gasteiger partial charge is 0.407 e. The van der Waals surface area contributed by atoms with Crippen LogP contribution in [0.25, 0.3) is 0 Å². The number of amides is 3. The molecule has 8 heteroatoms. The second kappa shape index (κ2) is 11.7. The average Bonchev–Trinajstić information content (AvgIpc) is 2.62. The summed E-state index contributed by atoms with van der Waals surface area (Å²) in [5, 5.41) is 14.7. The van der Waals surface area contributed by atoms with Crippen molar-refractivity contribution in [3.63, 3.8) is 0 Å². The zero-order valence-corrected chi connectivity index (χ0v) is 15.6. The molecule has 1 rings (SSSR count). The molecule has 0 aromatic heterocycles. The van der Waals surface area contributed by atoms with E-state index in [1.54, 1.807) is 6.08 Å². The van der Waals surface area contributed by atoms with Gasteiger partial charge in [-0.3, -0.25) is 9.59 Å². The van der Waals surface area contributed by atoms with E-state index in [-0.39, 0.29) is 26.0 Å². The minimum atomic E-state index is -1.12. The van der Waals surface area contributed by atoms with Gasteiger partial charge in [0.1, 0.15) is 12.6 Å². The second-order valence-electron chi connectivity index (χ2n) is 6.34. The lowest BCUT2D eigenvalue weighted by molar-refractivity contribution is -0.128. The number of aliphatic hydroxyl groups excluding tert-OH is 1. The summed E-state index contributed by atoms with van der Waals surface area (Å²) in [6.45, 7) is 3.68. The standard InChI is InChI=1S/C19H27N3O5/c1-13(2)8-9-16(18(20)25)22-17(24)10-15(23)11-21-19(26)27-12-14-6-4-3-5-7-14/h3-8,15-16,23H,9-12H2,1-2H3,(H2,20,25)(H,21,26)(H,22,24)/t15-,16+/m1/s1. The van der Waals surface area contributed by atoms with Crippen molar-refractivity contribution >= 4 is 17.9 Å². The predicted octanol–water partition coefficient (Wildman–Crippen LogP) is 0.990. The Morgan fingerprint density at radius 3 is 2.48 bits per heavy atom. The lowest BCUT2D eigenvalue weighted by atomic mass is 10.1. The first-order chi connectivity index (χ1) is 12.8. The number of nitrogens with two attached hydrogens (primary N) is 1. The molecule has 8 nitrogen and oxygen atoms in total. The number of carbonyl (C=O) groups is 3. The van der Waals surface area contributed by atoms with Crippen LogP contribution >= 0.6 is 0 Å². The maximum absolute atomic E-state index is 11.9. The summed E-state index contributed by atoms with van der Waals surface area (Å²) in [5.74, 6) is -1.19. The number of ether oxygens (including phenoxy) is 1. The van der Waals surface area contributed by atoms with E-state index in [4.69, 9.17) is 10.5 Å². The minimum absolute atomic E-state index is 0.105. The molecule has 0 aliphatic carbocycles. The van der Waals surface area contributed by atoms with Gasteiger partial charge in [0.15, 0.2) is 0 Å². The molecule has 0 fully saturated rings. The monoisotopic (exact) mass is 377 g/mol. The van der Waals surface area contributed by atoms with Crippen LogP contribution < -0.4 is 16.4 Å². The van der Waals surface area contributed by atoms with Crippen LogP contribution in [0.15, 0.2) is 42.0 Å². The number of allylic oxidation sites excluding steroid dienone is 1. The van der Waals surface area contributed by atoms with Crippen molar-refractivity contribution in [3.05, 3.63) is 47.5 Å². The zero-order chi connectivity index (χ0) is 20.2. The Balaban J connectivity index is 2.32. The Bertz CT molecular complexity index is 657. The largest absolute Gasteiger partial charge is 0.445 e. The fourth-order valence-electron chi connectivity index (χ4n) is 2.11. The summed E-state index contributed by atoms with van der Waals surface area (Å²) in [6.07, 6.45) is -0.0273. The van der Waals surface area contributed by atoms with Gasteiger partial charge in [0.25, 0.3) is 0 Å². The van der Waals surface area contributed by atoms with Crippen molar-refractivity contribution in [1.82, 2.24) is 10.6 Å². The fourth-order valence-corrected chi connectivity index (χ4v) is 2.11. The fraction of sp³-hybridized carbons (Fsp3) is 0.421. The van der Waals surface area contributed by atoms with Crippen molar-refractivity contribution in [2.75, 3.05) is 6.54 Å². The van der Waals surface area contributed by atoms with Crippen LogP contribution in [0.5, 0.6) is 0 Å². The summed E-state index contributed by atoms with van der Waals surface area (Å²) >= 11 is 0. The van der Waals surface area contributed by atoms with Crippen LogP contribution in [0.1, 0.15) is 32.3 Å². The number of primary amides is 1. The number of rotatable bonds is 10. The first-order valence-corrected chi connectivity index (χ1v) is 8.62. The normalized spacial score (nSPS) is 12.4. The van der Waals surface area contributed by atoms with Gasteiger partial charge < -0.3 is 26.2 Å². The molecule has 0 bridgehead atoms. The third-order valence-corrected chi connectivity index (χ3v) is 3.56. The Labute approximate surface area is 158 Å². The molecule has 0 spiro atoms. The van der Waals surface area contributed by atoms with E-state index in [1.807, 2.05) is 44.2 Å². The van der Waals surface area contributed by atoms with Gasteiger partial charge in [-0.15, -0.1) is 0 Å². The highest BCUT2D eigenvalue weighted by Crippen LogP contribution is 2.02. The molecule has 0 aliphatic rings. The van der Waals surface area contributed by atoms with Crippen molar-refractivity contribution in [2.24, 2.45) is 5.73 Å². The summed E-state index contributed by atoms with van der Waals surface area (Å²) in [5.41, 5.74) is 7.09. The Kier molecular flexibility index (Phi) is 9.60. The van der Waals surface area contributed by atoms with Gasteiger partial charge >= 0.3 is 6.09 Å². The molecule has 0 unspecified atom stereocenters. The molecule has 2 atom stereocenters. The molecule has 1 aromatic carbocycles. The minimum Gasteiger partial charge on any atom is -0.445 e. The highest BCUT2D eigenvalue weighted by Gasteiger charge is 2.19. The van der Waals surface area contributed by atoms with Crippen LogP contribution in [0, 0.1) is 0 Å². The van der Waals surface area contributed by atoms with E-state index in [9.17, 15) is 19.5 Å². The Morgan fingerprint density at radius 2 is 1.89 bits per heavy atom. The Morgan fingerprint density at radius 1 is 1.22 bits per heavy atom. The highest BCUT2D eigenvalue weighted by atomic mass is 16.5. The van der Waals surface area contributed by atoms with Gasteiger partial charge in [0.05, 0.1) is 12.5 Å². The summed E-state index contributed by atoms with van der Waals surface area (Å²) < 4.78 is 5.00. The van der Waals surface area contributed by atoms with Crippen molar-refractivity contribution in [3.8, 4) is 0 Å². The van der Waals surface area contributed by atoms with Gasteiger partial charge in [-0.25, -0.2) is 4.79 Å². The van der Waals surface area contributed by atoms with Gasteiger partial charge in [-0.05, 0) is 25.8 Å². The van der Waals surface area contributed by atoms with Crippen molar-refractivity contribution in [1.29, 1.82) is 0 Å². The number of carbonyl (C=O) groups excluding carboxylic acids is 3. The number of benzene rings is 1. The summed E-state index contributed by atoms with van der Waals surface area (Å²) in [4.78, 5) is 34.9. The Hall–Kier alpha value is -2.87. The molecule has 3 amide bonds. The van der Waals surface area contributed by atoms with Crippen LogP contribution in [0.4, 0.5) is 4.79 Å². The zero-order valence-electron chi connectivity index (χ0n) is 15.6. The molecule has 0 saturated carbocycles. The van der Waals surface area contributed by atoms with Crippen molar-refractivity contribution < 1.29 is 24.2 Å². The number of aliphatic hydroxyl groups is 1. The van der Waals surface area contributed by atoms with E-state index in [2.05, 4.69) is 10.6 Å². The van der Waals surface area contributed by atoms with Crippen LogP contribution in [-0.2, 0) is 20.9 Å². The number of hydrogen-bond donors (Lipinski definition) is 4. The lowest BCUT2D eigenvalue weighted by Gasteiger charge is -2.16. The molecule has 0 saturated heterocycles. The molecule has 0 radical (unpaired) electrons. The van der Waals surface area contributed by atoms with E-state index in [0.29, 0.717) is 0 Å². The average molecular weight is 377 g/mol.